The number of piperidine rings is 1. The molecule has 0 spiro atoms. The van der Waals surface area contributed by atoms with Crippen molar-refractivity contribution in [3.63, 3.8) is 0 Å². The third kappa shape index (κ3) is 4.56. The molecule has 0 bridgehead atoms. The Bertz CT molecular complexity index is 1050. The zero-order chi connectivity index (χ0) is 21.4. The minimum atomic E-state index is -4.23. The minimum Gasteiger partial charge on any atom is -0.322 e. The zero-order valence-corrected chi connectivity index (χ0v) is 15.6. The Balaban J connectivity index is 1.85. The Morgan fingerprint density at radius 3 is 2.17 bits per heavy atom. The van der Waals surface area contributed by atoms with Gasteiger partial charge < -0.3 is 5.32 Å². The summed E-state index contributed by atoms with van der Waals surface area (Å²) in [5, 5.41) is 2.14. The molecule has 11 heteroatoms. The zero-order valence-electron chi connectivity index (χ0n) is 14.8. The van der Waals surface area contributed by atoms with Crippen LogP contribution in [0.4, 0.5) is 27.6 Å². The van der Waals surface area contributed by atoms with Crippen LogP contribution < -0.4 is 5.32 Å². The average Bonchev–Trinajstić information content (AvgIpc) is 2.64. The quantitative estimate of drug-likeness (QED) is 0.745. The second-order valence-electron chi connectivity index (χ2n) is 6.48. The van der Waals surface area contributed by atoms with E-state index in [0.717, 1.165) is 34.6 Å². The summed E-state index contributed by atoms with van der Waals surface area (Å²) in [4.78, 5) is 11.9. The number of nitrogens with zero attached hydrogens (tertiary/aromatic N) is 1. The van der Waals surface area contributed by atoms with Crippen LogP contribution >= 0.6 is 0 Å². The number of sulfonamides is 1. The molecule has 5 nitrogen and oxygen atoms in total. The first kappa shape index (κ1) is 21.2. The van der Waals surface area contributed by atoms with Crippen LogP contribution in [0.3, 0.4) is 0 Å². The molecule has 1 aliphatic heterocycles. The van der Waals surface area contributed by atoms with Crippen molar-refractivity contribution in [2.45, 2.75) is 23.7 Å². The predicted octanol–water partition coefficient (Wildman–Crippen LogP) is 3.78. The van der Waals surface area contributed by atoms with Gasteiger partial charge in [-0.2, -0.15) is 4.31 Å². The summed E-state index contributed by atoms with van der Waals surface area (Å²) < 4.78 is 93.0. The molecule has 1 saturated heterocycles. The Hall–Kier alpha value is -2.53. The average molecular weight is 434 g/mol. The van der Waals surface area contributed by atoms with Gasteiger partial charge in [-0.05, 0) is 30.3 Å². The molecule has 0 unspecified atom stereocenters. The van der Waals surface area contributed by atoms with Gasteiger partial charge in [0.15, 0.2) is 11.6 Å². The summed E-state index contributed by atoms with van der Waals surface area (Å²) in [5.41, 5.74) is -0.821. The number of nitrogens with one attached hydrogen (secondary N) is 1. The summed E-state index contributed by atoms with van der Waals surface area (Å²) in [7, 11) is -4.23. The van der Waals surface area contributed by atoms with Gasteiger partial charge in [0, 0.05) is 37.7 Å². The number of benzene rings is 2. The van der Waals surface area contributed by atoms with Crippen molar-refractivity contribution < 1.29 is 35.2 Å². The summed E-state index contributed by atoms with van der Waals surface area (Å²) in [6.07, 6.45) is -1.28. The van der Waals surface area contributed by atoms with Gasteiger partial charge >= 0.3 is 0 Å². The van der Waals surface area contributed by atoms with Gasteiger partial charge in [-0.3, -0.25) is 4.79 Å². The van der Waals surface area contributed by atoms with E-state index < -0.39 is 75.7 Å². The lowest BCUT2D eigenvalue weighted by Gasteiger charge is -2.30. The Morgan fingerprint density at radius 2 is 1.55 bits per heavy atom. The molecule has 3 rings (SSSR count). The predicted molar refractivity (Wildman–Crippen MR) is 93.7 cm³/mol. The molecule has 0 saturated carbocycles. The van der Waals surface area contributed by atoms with E-state index in [1.807, 2.05) is 0 Å². The van der Waals surface area contributed by atoms with Gasteiger partial charge in [-0.1, -0.05) is 0 Å². The van der Waals surface area contributed by atoms with E-state index in [0.29, 0.717) is 6.07 Å². The third-order valence-corrected chi connectivity index (χ3v) is 6.35. The van der Waals surface area contributed by atoms with E-state index >= 15 is 0 Å². The molecule has 156 valence electrons. The number of carbonyl (C=O) groups excluding carboxylic acids is 1. The van der Waals surface area contributed by atoms with Gasteiger partial charge in [0.25, 0.3) is 11.8 Å². The third-order valence-electron chi connectivity index (χ3n) is 4.45. The highest BCUT2D eigenvalue weighted by Crippen LogP contribution is 2.31. The fourth-order valence-corrected chi connectivity index (χ4v) is 4.28. The molecule has 1 aliphatic rings. The van der Waals surface area contributed by atoms with Gasteiger partial charge in [0.05, 0.1) is 10.5 Å². The van der Waals surface area contributed by atoms with Crippen LogP contribution in [0.15, 0.2) is 41.3 Å². The molecule has 1 fully saturated rings. The second-order valence-corrected chi connectivity index (χ2v) is 8.42. The maximum atomic E-state index is 14.1. The fraction of sp³-hybridized carbons (Fsp3) is 0.278. The van der Waals surface area contributed by atoms with Crippen LogP contribution in [0.25, 0.3) is 0 Å². The Labute approximate surface area is 163 Å². The van der Waals surface area contributed by atoms with E-state index in [4.69, 9.17) is 0 Å². The van der Waals surface area contributed by atoms with Crippen LogP contribution in [-0.2, 0) is 10.0 Å². The summed E-state index contributed by atoms with van der Waals surface area (Å²) in [6.45, 7) is -0.827. The largest absolute Gasteiger partial charge is 0.322 e. The van der Waals surface area contributed by atoms with Crippen LogP contribution in [0.5, 0.6) is 0 Å². The van der Waals surface area contributed by atoms with E-state index in [1.54, 1.807) is 0 Å². The Kier molecular flexibility index (Phi) is 5.63. The van der Waals surface area contributed by atoms with Gasteiger partial charge in [0.2, 0.25) is 10.0 Å². The van der Waals surface area contributed by atoms with Crippen LogP contribution in [0, 0.1) is 17.5 Å². The molecule has 1 amide bonds. The van der Waals surface area contributed by atoms with Crippen molar-refractivity contribution in [2.24, 2.45) is 0 Å². The normalized spacial score (nSPS) is 17.1. The summed E-state index contributed by atoms with van der Waals surface area (Å²) >= 11 is 0. The molecule has 0 radical (unpaired) electrons. The summed E-state index contributed by atoms with van der Waals surface area (Å²) in [5.74, 6) is -7.47. The molecular weight excluding hydrogens is 419 g/mol. The number of amides is 1. The first-order valence-electron chi connectivity index (χ1n) is 8.43. The van der Waals surface area contributed by atoms with Gasteiger partial charge in [-0.25, -0.2) is 30.4 Å². The monoisotopic (exact) mass is 434 g/mol. The molecule has 2 aromatic carbocycles. The fourth-order valence-electron chi connectivity index (χ4n) is 2.81. The van der Waals surface area contributed by atoms with Crippen molar-refractivity contribution >= 4 is 21.6 Å². The maximum Gasteiger partial charge on any atom is 0.258 e. The van der Waals surface area contributed by atoms with Gasteiger partial charge in [-0.15, -0.1) is 0 Å². The minimum absolute atomic E-state index is 0.167. The first-order valence-corrected chi connectivity index (χ1v) is 9.87. The SMILES string of the molecule is O=C(Nc1ccc(F)c(F)c1)c1cc(S(=O)(=O)N2CCC(F)(F)CC2)ccc1F. The second kappa shape index (κ2) is 7.71. The van der Waals surface area contributed by atoms with Crippen molar-refractivity contribution in [1.29, 1.82) is 0 Å². The molecule has 29 heavy (non-hydrogen) atoms. The smallest absolute Gasteiger partial charge is 0.258 e. The van der Waals surface area contributed by atoms with E-state index in [1.165, 1.54) is 0 Å². The van der Waals surface area contributed by atoms with Crippen LogP contribution in [0.1, 0.15) is 23.2 Å². The van der Waals surface area contributed by atoms with E-state index in [9.17, 15) is 35.2 Å². The number of halogens is 5. The number of anilines is 1. The first-order chi connectivity index (χ1) is 13.5. The lowest BCUT2D eigenvalue weighted by molar-refractivity contribution is -0.0412. The molecule has 0 atom stereocenters. The number of hydrogen-bond acceptors (Lipinski definition) is 3. The molecule has 1 heterocycles. The topological polar surface area (TPSA) is 66.5 Å². The highest BCUT2D eigenvalue weighted by molar-refractivity contribution is 7.89. The molecule has 1 N–H and O–H groups in total. The summed E-state index contributed by atoms with van der Waals surface area (Å²) in [6, 6.07) is 4.93. The molecular formula is C18H15F5N2O3S. The highest BCUT2D eigenvalue weighted by atomic mass is 32.2. The van der Waals surface area contributed by atoms with Crippen molar-refractivity contribution in [2.75, 3.05) is 18.4 Å². The van der Waals surface area contributed by atoms with E-state index in [2.05, 4.69) is 5.32 Å². The van der Waals surface area contributed by atoms with E-state index in [-0.39, 0.29) is 5.69 Å². The molecule has 0 aliphatic carbocycles. The van der Waals surface area contributed by atoms with Crippen molar-refractivity contribution in [1.82, 2.24) is 4.31 Å². The van der Waals surface area contributed by atoms with Crippen molar-refractivity contribution in [3.05, 3.63) is 59.4 Å². The lowest BCUT2D eigenvalue weighted by atomic mass is 10.1. The number of carbonyl (C=O) groups is 1. The van der Waals surface area contributed by atoms with Crippen LogP contribution in [0.2, 0.25) is 0 Å². The maximum absolute atomic E-state index is 14.1. The number of alkyl halides is 2. The Morgan fingerprint density at radius 1 is 0.931 bits per heavy atom. The van der Waals surface area contributed by atoms with Gasteiger partial charge in [0.1, 0.15) is 5.82 Å². The molecule has 2 aromatic rings. The molecule has 0 aromatic heterocycles. The lowest BCUT2D eigenvalue weighted by Crippen LogP contribution is -2.42. The standard InChI is InChI=1S/C18H15F5N2O3S/c19-14-4-2-12(29(27,28)25-7-5-18(22,23)6-8-25)10-13(14)17(26)24-11-1-3-15(20)16(21)9-11/h1-4,9-10H,5-8H2,(H,24,26). The number of rotatable bonds is 4. The van der Waals surface area contributed by atoms with Crippen LogP contribution in [-0.4, -0.2) is 37.6 Å². The van der Waals surface area contributed by atoms with Crippen molar-refractivity contribution in [3.8, 4) is 0 Å². The highest BCUT2D eigenvalue weighted by Gasteiger charge is 2.38. The number of hydrogen-bond donors (Lipinski definition) is 1.